The Balaban J connectivity index is 1.85. The van der Waals surface area contributed by atoms with Crippen LogP contribution in [0.3, 0.4) is 0 Å². The molecule has 3 amide bonds. The number of aliphatic hydroxyl groups is 1. The van der Waals surface area contributed by atoms with E-state index >= 15 is 0 Å². The topological polar surface area (TPSA) is 90.9 Å². The molecule has 0 spiro atoms. The molecule has 0 radical (unpaired) electrons. The fraction of sp³-hybridized carbons (Fsp3) is 0.619. The normalized spacial score (nSPS) is 34.6. The van der Waals surface area contributed by atoms with Crippen molar-refractivity contribution in [1.82, 2.24) is 15.5 Å². The number of ether oxygens (including phenoxy) is 1. The lowest BCUT2D eigenvalue weighted by Crippen LogP contribution is -2.65. The van der Waals surface area contributed by atoms with Crippen molar-refractivity contribution in [3.05, 3.63) is 29.3 Å². The van der Waals surface area contributed by atoms with Gasteiger partial charge >= 0.3 is 6.03 Å². The molecule has 28 heavy (non-hydrogen) atoms. The van der Waals surface area contributed by atoms with E-state index in [4.69, 9.17) is 4.74 Å². The van der Waals surface area contributed by atoms with Crippen molar-refractivity contribution < 1.29 is 19.4 Å². The Kier molecular flexibility index (Phi) is 4.62. The van der Waals surface area contributed by atoms with Gasteiger partial charge in [0.1, 0.15) is 11.3 Å². The van der Waals surface area contributed by atoms with Crippen molar-refractivity contribution in [1.29, 1.82) is 0 Å². The summed E-state index contributed by atoms with van der Waals surface area (Å²) in [5.74, 6) is 0.457. The molecule has 2 fully saturated rings. The van der Waals surface area contributed by atoms with Crippen LogP contribution in [0.1, 0.15) is 43.7 Å². The van der Waals surface area contributed by atoms with Gasteiger partial charge in [0, 0.05) is 11.5 Å². The largest absolute Gasteiger partial charge is 0.497 e. The first-order valence-electron chi connectivity index (χ1n) is 10.0. The molecule has 3 N–H and O–H groups in total. The summed E-state index contributed by atoms with van der Waals surface area (Å²) in [7, 11) is 3.67. The third-order valence-electron chi connectivity index (χ3n) is 7.00. The first-order chi connectivity index (χ1) is 13.3. The second-order valence-corrected chi connectivity index (χ2v) is 8.54. The number of methoxy groups -OCH3 is 1. The van der Waals surface area contributed by atoms with Crippen LogP contribution in [-0.2, 0) is 16.6 Å². The van der Waals surface area contributed by atoms with Gasteiger partial charge in [0.15, 0.2) is 0 Å². The van der Waals surface area contributed by atoms with Crippen molar-refractivity contribution in [2.45, 2.75) is 62.1 Å². The molecule has 2 bridgehead atoms. The summed E-state index contributed by atoms with van der Waals surface area (Å²) in [4.78, 5) is 27.0. The van der Waals surface area contributed by atoms with E-state index in [0.29, 0.717) is 12.8 Å². The number of aliphatic hydroxyl groups excluding tert-OH is 1. The molecule has 1 aliphatic carbocycles. The van der Waals surface area contributed by atoms with E-state index in [2.05, 4.69) is 21.6 Å². The second kappa shape index (κ2) is 6.74. The third-order valence-corrected chi connectivity index (χ3v) is 7.00. The smallest absolute Gasteiger partial charge is 0.322 e. The van der Waals surface area contributed by atoms with Crippen LogP contribution in [0.4, 0.5) is 4.79 Å². The number of nitrogens with zero attached hydrogens (tertiary/aromatic N) is 1. The van der Waals surface area contributed by atoms with Crippen molar-refractivity contribution in [2.24, 2.45) is 0 Å². The highest BCUT2D eigenvalue weighted by atomic mass is 16.5. The van der Waals surface area contributed by atoms with Gasteiger partial charge in [-0.2, -0.15) is 0 Å². The third kappa shape index (κ3) is 2.71. The number of piperidine rings is 1. The number of carbonyl (C=O) groups excluding carboxylic acids is 2. The maximum atomic E-state index is 12.8. The van der Waals surface area contributed by atoms with Crippen molar-refractivity contribution in [3.8, 4) is 5.75 Å². The predicted molar refractivity (Wildman–Crippen MR) is 104 cm³/mol. The SMILES string of the molecule is CCCC1(CC23CCN(C)C(Cc4ccc(OC)cc42)C3O)NC(=O)NC1=O. The van der Waals surface area contributed by atoms with Crippen molar-refractivity contribution in [3.63, 3.8) is 0 Å². The van der Waals surface area contributed by atoms with E-state index < -0.39 is 23.1 Å². The summed E-state index contributed by atoms with van der Waals surface area (Å²) >= 11 is 0. The zero-order chi connectivity index (χ0) is 20.1. The number of fused-ring (bicyclic) bond motifs is 4. The van der Waals surface area contributed by atoms with Gasteiger partial charge in [0.2, 0.25) is 0 Å². The van der Waals surface area contributed by atoms with Crippen molar-refractivity contribution >= 4 is 11.9 Å². The Hall–Kier alpha value is -2.12. The number of likely N-dealkylation sites (N-methyl/N-ethyl adjacent to an activating group) is 1. The summed E-state index contributed by atoms with van der Waals surface area (Å²) < 4.78 is 5.46. The maximum absolute atomic E-state index is 12.8. The zero-order valence-corrected chi connectivity index (χ0v) is 16.7. The first-order valence-corrected chi connectivity index (χ1v) is 10.0. The Labute approximate surface area is 165 Å². The molecule has 4 rings (SSSR count). The fourth-order valence-electron chi connectivity index (χ4n) is 5.58. The average Bonchev–Trinajstić information content (AvgIpc) is 2.93. The minimum Gasteiger partial charge on any atom is -0.497 e. The van der Waals surface area contributed by atoms with Gasteiger partial charge in [-0.05, 0) is 62.5 Å². The lowest BCUT2D eigenvalue weighted by atomic mass is 9.57. The molecule has 0 saturated carbocycles. The molecule has 1 aromatic carbocycles. The molecular formula is C21H29N3O4. The number of rotatable bonds is 5. The monoisotopic (exact) mass is 387 g/mol. The molecule has 2 saturated heterocycles. The van der Waals surface area contributed by atoms with E-state index in [1.54, 1.807) is 7.11 Å². The van der Waals surface area contributed by atoms with Crippen LogP contribution in [0.15, 0.2) is 18.2 Å². The molecule has 7 heteroatoms. The second-order valence-electron chi connectivity index (χ2n) is 8.54. The van der Waals surface area contributed by atoms with Crippen LogP contribution >= 0.6 is 0 Å². The van der Waals surface area contributed by atoms with E-state index in [-0.39, 0.29) is 11.9 Å². The standard InChI is InChI=1S/C21H29N3O4/c1-4-7-21(18(26)22-19(27)23-21)12-20-8-9-24(2)16(17(20)25)10-13-5-6-14(28-3)11-15(13)20/h5-6,11,16-17,25H,4,7-10,12H2,1-3H3,(H2,22,23,26,27). The van der Waals surface area contributed by atoms with Crippen LogP contribution in [0, 0.1) is 0 Å². The molecule has 2 aliphatic heterocycles. The van der Waals surface area contributed by atoms with Crippen LogP contribution in [0.25, 0.3) is 0 Å². The highest BCUT2D eigenvalue weighted by molar-refractivity contribution is 6.07. The lowest BCUT2D eigenvalue weighted by molar-refractivity contribution is -0.127. The molecule has 152 valence electrons. The van der Waals surface area contributed by atoms with Gasteiger partial charge < -0.3 is 20.1 Å². The minimum atomic E-state index is -0.995. The summed E-state index contributed by atoms with van der Waals surface area (Å²) in [6.45, 7) is 2.83. The van der Waals surface area contributed by atoms with Crippen molar-refractivity contribution in [2.75, 3.05) is 20.7 Å². The zero-order valence-electron chi connectivity index (χ0n) is 16.7. The molecular weight excluding hydrogens is 358 g/mol. The van der Waals surface area contributed by atoms with E-state index in [1.807, 2.05) is 26.1 Å². The molecule has 4 atom stereocenters. The number of hydrogen-bond donors (Lipinski definition) is 3. The molecule has 2 heterocycles. The summed E-state index contributed by atoms with van der Waals surface area (Å²) in [6, 6.07) is 5.57. The molecule has 3 aliphatic rings. The average molecular weight is 387 g/mol. The Morgan fingerprint density at radius 1 is 1.36 bits per heavy atom. The van der Waals surface area contributed by atoms with Crippen LogP contribution in [0.2, 0.25) is 0 Å². The summed E-state index contributed by atoms with van der Waals surface area (Å²) in [6.07, 6.45) is 2.54. The number of benzene rings is 1. The highest BCUT2D eigenvalue weighted by Crippen LogP contribution is 2.51. The lowest BCUT2D eigenvalue weighted by Gasteiger charge is -2.55. The number of carbonyl (C=O) groups is 2. The summed E-state index contributed by atoms with van der Waals surface area (Å²) in [5.41, 5.74) is 0.626. The molecule has 7 nitrogen and oxygen atoms in total. The van der Waals surface area contributed by atoms with Gasteiger partial charge in [-0.15, -0.1) is 0 Å². The number of hydrogen-bond acceptors (Lipinski definition) is 5. The number of urea groups is 1. The quantitative estimate of drug-likeness (QED) is 0.663. The fourth-order valence-corrected chi connectivity index (χ4v) is 5.58. The number of nitrogens with one attached hydrogen (secondary N) is 2. The van der Waals surface area contributed by atoms with E-state index in [0.717, 1.165) is 37.1 Å². The first kappa shape index (κ1) is 19.2. The van der Waals surface area contributed by atoms with Crippen LogP contribution in [0.5, 0.6) is 5.75 Å². The maximum Gasteiger partial charge on any atom is 0.322 e. The summed E-state index contributed by atoms with van der Waals surface area (Å²) in [5, 5.41) is 16.8. The minimum absolute atomic E-state index is 0.00603. The molecule has 4 unspecified atom stereocenters. The van der Waals surface area contributed by atoms with Gasteiger partial charge in [-0.1, -0.05) is 19.4 Å². The molecule has 0 aromatic heterocycles. The van der Waals surface area contributed by atoms with Gasteiger partial charge in [0.25, 0.3) is 5.91 Å². The Bertz CT molecular complexity index is 813. The predicted octanol–water partition coefficient (Wildman–Crippen LogP) is 1.32. The number of amides is 3. The van der Waals surface area contributed by atoms with E-state index in [9.17, 15) is 14.7 Å². The molecule has 1 aromatic rings. The Morgan fingerprint density at radius 3 is 2.79 bits per heavy atom. The van der Waals surface area contributed by atoms with Gasteiger partial charge in [-0.25, -0.2) is 4.79 Å². The van der Waals surface area contributed by atoms with Crippen LogP contribution in [-0.4, -0.2) is 60.3 Å². The number of likely N-dealkylation sites (tertiary alicyclic amines) is 1. The van der Waals surface area contributed by atoms with Gasteiger partial charge in [-0.3, -0.25) is 10.1 Å². The Morgan fingerprint density at radius 2 is 2.14 bits per heavy atom. The van der Waals surface area contributed by atoms with E-state index in [1.165, 1.54) is 5.56 Å². The highest BCUT2D eigenvalue weighted by Gasteiger charge is 2.58. The van der Waals surface area contributed by atoms with Crippen LogP contribution < -0.4 is 15.4 Å². The number of imide groups is 1. The van der Waals surface area contributed by atoms with Gasteiger partial charge in [0.05, 0.1) is 13.2 Å².